The van der Waals surface area contributed by atoms with Gasteiger partial charge in [-0.3, -0.25) is 0 Å². The first-order valence-electron chi connectivity index (χ1n) is 7.22. The van der Waals surface area contributed by atoms with Crippen molar-refractivity contribution in [2.75, 3.05) is 0 Å². The zero-order valence-electron chi connectivity index (χ0n) is 13.0. The standard InChI is InChI=1S/C16H13ClFN3O3S/c1-10(21-25(22,23)14-8-6-13(18)7-9-14)16-19-15(20-24-16)11-2-4-12(17)5-3-11/h2-10,21H,1H3. The second-order valence-electron chi connectivity index (χ2n) is 5.26. The Morgan fingerprint density at radius 3 is 2.40 bits per heavy atom. The second-order valence-corrected chi connectivity index (χ2v) is 7.41. The van der Waals surface area contributed by atoms with Crippen LogP contribution in [0.4, 0.5) is 4.39 Å². The minimum absolute atomic E-state index is 0.0572. The van der Waals surface area contributed by atoms with Gasteiger partial charge in [0.15, 0.2) is 0 Å². The highest BCUT2D eigenvalue weighted by molar-refractivity contribution is 7.89. The van der Waals surface area contributed by atoms with Crippen LogP contribution >= 0.6 is 11.6 Å². The van der Waals surface area contributed by atoms with Gasteiger partial charge in [-0.1, -0.05) is 16.8 Å². The van der Waals surface area contributed by atoms with Crippen molar-refractivity contribution >= 4 is 21.6 Å². The van der Waals surface area contributed by atoms with E-state index in [2.05, 4.69) is 14.9 Å². The van der Waals surface area contributed by atoms with Crippen molar-refractivity contribution in [1.82, 2.24) is 14.9 Å². The van der Waals surface area contributed by atoms with E-state index >= 15 is 0 Å². The van der Waals surface area contributed by atoms with Gasteiger partial charge in [0.05, 0.1) is 10.9 Å². The first-order valence-corrected chi connectivity index (χ1v) is 9.09. The van der Waals surface area contributed by atoms with Crippen LogP contribution in [0.3, 0.4) is 0 Å². The van der Waals surface area contributed by atoms with Gasteiger partial charge in [0.1, 0.15) is 5.82 Å². The number of nitrogens with one attached hydrogen (secondary N) is 1. The van der Waals surface area contributed by atoms with Crippen LogP contribution < -0.4 is 4.72 Å². The molecule has 9 heteroatoms. The molecule has 1 heterocycles. The summed E-state index contributed by atoms with van der Waals surface area (Å²) in [6.45, 7) is 1.57. The van der Waals surface area contributed by atoms with Crippen molar-refractivity contribution in [2.24, 2.45) is 0 Å². The largest absolute Gasteiger partial charge is 0.337 e. The van der Waals surface area contributed by atoms with Gasteiger partial charge in [-0.25, -0.2) is 12.8 Å². The smallest absolute Gasteiger partial charge is 0.244 e. The van der Waals surface area contributed by atoms with Gasteiger partial charge in [0.25, 0.3) is 0 Å². The van der Waals surface area contributed by atoms with E-state index < -0.39 is 21.9 Å². The lowest BCUT2D eigenvalue weighted by Gasteiger charge is -2.10. The molecule has 0 aliphatic heterocycles. The molecule has 0 saturated heterocycles. The number of nitrogens with zero attached hydrogens (tertiary/aromatic N) is 2. The fourth-order valence-electron chi connectivity index (χ4n) is 2.09. The minimum atomic E-state index is -3.85. The zero-order chi connectivity index (χ0) is 18.0. The molecule has 0 amide bonds. The Hall–Kier alpha value is -2.29. The van der Waals surface area contributed by atoms with Gasteiger partial charge in [0.2, 0.25) is 21.7 Å². The van der Waals surface area contributed by atoms with Crippen LogP contribution in [0.15, 0.2) is 57.9 Å². The number of benzene rings is 2. The number of halogens is 2. The molecular weight excluding hydrogens is 369 g/mol. The van der Waals surface area contributed by atoms with E-state index in [-0.39, 0.29) is 10.8 Å². The van der Waals surface area contributed by atoms with Crippen LogP contribution in [-0.4, -0.2) is 18.6 Å². The topological polar surface area (TPSA) is 85.1 Å². The number of hydrogen-bond acceptors (Lipinski definition) is 5. The van der Waals surface area contributed by atoms with Crippen LogP contribution in [0, 0.1) is 5.82 Å². The molecule has 0 fully saturated rings. The third-order valence-corrected chi connectivity index (χ3v) is 5.18. The molecule has 1 atom stereocenters. The molecule has 0 bridgehead atoms. The van der Waals surface area contributed by atoms with E-state index in [9.17, 15) is 12.8 Å². The first kappa shape index (κ1) is 17.5. The van der Waals surface area contributed by atoms with Crippen LogP contribution in [0.1, 0.15) is 18.9 Å². The van der Waals surface area contributed by atoms with Crippen molar-refractivity contribution in [2.45, 2.75) is 17.9 Å². The summed E-state index contributed by atoms with van der Waals surface area (Å²) in [5, 5.41) is 4.41. The quantitative estimate of drug-likeness (QED) is 0.730. The van der Waals surface area contributed by atoms with Crippen molar-refractivity contribution < 1.29 is 17.3 Å². The Labute approximate surface area is 148 Å². The Bertz CT molecular complexity index is 973. The SMILES string of the molecule is CC(NS(=O)(=O)c1ccc(F)cc1)c1nc(-c2ccc(Cl)cc2)no1. The molecule has 0 radical (unpaired) electrons. The molecule has 1 unspecified atom stereocenters. The lowest BCUT2D eigenvalue weighted by Crippen LogP contribution is -2.27. The van der Waals surface area contributed by atoms with E-state index in [0.29, 0.717) is 16.4 Å². The van der Waals surface area contributed by atoms with E-state index in [1.165, 1.54) is 12.1 Å². The zero-order valence-corrected chi connectivity index (χ0v) is 14.6. The fourth-order valence-corrected chi connectivity index (χ4v) is 3.41. The van der Waals surface area contributed by atoms with Crippen LogP contribution in [0.25, 0.3) is 11.4 Å². The molecule has 130 valence electrons. The van der Waals surface area contributed by atoms with Gasteiger partial charge >= 0.3 is 0 Å². The molecule has 6 nitrogen and oxygen atoms in total. The second kappa shape index (κ2) is 6.91. The summed E-state index contributed by atoms with van der Waals surface area (Å²) in [6.07, 6.45) is 0. The lowest BCUT2D eigenvalue weighted by atomic mass is 10.2. The maximum absolute atomic E-state index is 12.9. The summed E-state index contributed by atoms with van der Waals surface area (Å²) in [7, 11) is -3.85. The normalized spacial score (nSPS) is 12.9. The average molecular weight is 382 g/mol. The van der Waals surface area contributed by atoms with E-state index in [1.807, 2.05) is 0 Å². The van der Waals surface area contributed by atoms with Crippen LogP contribution in [0.5, 0.6) is 0 Å². The van der Waals surface area contributed by atoms with Crippen LogP contribution in [-0.2, 0) is 10.0 Å². The minimum Gasteiger partial charge on any atom is -0.337 e. The van der Waals surface area contributed by atoms with Gasteiger partial charge in [-0.05, 0) is 55.5 Å². The number of rotatable bonds is 5. The number of aromatic nitrogens is 2. The number of hydrogen-bond donors (Lipinski definition) is 1. The highest BCUT2D eigenvalue weighted by atomic mass is 35.5. The average Bonchev–Trinajstić information content (AvgIpc) is 3.06. The van der Waals surface area contributed by atoms with Gasteiger partial charge in [0, 0.05) is 10.6 Å². The monoisotopic (exact) mass is 381 g/mol. The van der Waals surface area contributed by atoms with E-state index in [1.54, 1.807) is 31.2 Å². The van der Waals surface area contributed by atoms with Crippen molar-refractivity contribution in [1.29, 1.82) is 0 Å². The van der Waals surface area contributed by atoms with E-state index in [4.69, 9.17) is 16.1 Å². The maximum Gasteiger partial charge on any atom is 0.244 e. The predicted molar refractivity (Wildman–Crippen MR) is 89.9 cm³/mol. The predicted octanol–water partition coefficient (Wildman–Crippen LogP) is 3.57. The molecule has 0 saturated carbocycles. The summed E-state index contributed by atoms with van der Waals surface area (Å²) >= 11 is 5.83. The highest BCUT2D eigenvalue weighted by Crippen LogP contribution is 2.22. The summed E-state index contributed by atoms with van der Waals surface area (Å²) in [4.78, 5) is 4.14. The van der Waals surface area contributed by atoms with Crippen molar-refractivity contribution in [3.05, 3.63) is 65.3 Å². The lowest BCUT2D eigenvalue weighted by molar-refractivity contribution is 0.354. The molecule has 1 N–H and O–H groups in total. The molecule has 3 aromatic rings. The Morgan fingerprint density at radius 1 is 1.12 bits per heavy atom. The number of sulfonamides is 1. The third kappa shape index (κ3) is 4.04. The molecule has 0 aliphatic rings. The molecule has 1 aromatic heterocycles. The van der Waals surface area contributed by atoms with Gasteiger partial charge in [-0.15, -0.1) is 0 Å². The maximum atomic E-state index is 12.9. The first-order chi connectivity index (χ1) is 11.8. The molecule has 3 rings (SSSR count). The van der Waals surface area contributed by atoms with E-state index in [0.717, 1.165) is 12.1 Å². The summed E-state index contributed by atoms with van der Waals surface area (Å²) in [6, 6.07) is 10.6. The molecule has 0 spiro atoms. The Morgan fingerprint density at radius 2 is 1.76 bits per heavy atom. The van der Waals surface area contributed by atoms with Crippen molar-refractivity contribution in [3.63, 3.8) is 0 Å². The molecule has 25 heavy (non-hydrogen) atoms. The molecule has 2 aromatic carbocycles. The van der Waals surface area contributed by atoms with Crippen molar-refractivity contribution in [3.8, 4) is 11.4 Å². The summed E-state index contributed by atoms with van der Waals surface area (Å²) in [5.74, 6) is -0.0911. The van der Waals surface area contributed by atoms with Gasteiger partial charge in [-0.2, -0.15) is 9.71 Å². The fraction of sp³-hybridized carbons (Fsp3) is 0.125. The Kier molecular flexibility index (Phi) is 4.85. The van der Waals surface area contributed by atoms with Crippen LogP contribution in [0.2, 0.25) is 5.02 Å². The van der Waals surface area contributed by atoms with Gasteiger partial charge < -0.3 is 4.52 Å². The molecule has 0 aliphatic carbocycles. The summed E-state index contributed by atoms with van der Waals surface area (Å²) < 4.78 is 45.1. The molecular formula is C16H13ClFN3O3S. The third-order valence-electron chi connectivity index (χ3n) is 3.37. The Balaban J connectivity index is 1.78. The summed E-state index contributed by atoms with van der Waals surface area (Å²) in [5.41, 5.74) is 0.688. The highest BCUT2D eigenvalue weighted by Gasteiger charge is 2.22.